The highest BCUT2D eigenvalue weighted by atomic mass is 79.9. The van der Waals surface area contributed by atoms with E-state index in [2.05, 4.69) is 15.9 Å². The average molecular weight is 194 g/mol. The van der Waals surface area contributed by atoms with Gasteiger partial charge in [0.2, 0.25) is 0 Å². The quantitative estimate of drug-likeness (QED) is 0.598. The third-order valence-electron chi connectivity index (χ3n) is 0.911. The second kappa shape index (κ2) is 2.11. The molecule has 1 nitrogen and oxygen atoms in total. The molecule has 0 saturated heterocycles. The lowest BCUT2D eigenvalue weighted by Crippen LogP contribution is -1.80. The predicted octanol–water partition coefficient (Wildman–Crippen LogP) is 2.44. The Hall–Kier alpha value is 0.0500. The highest BCUT2D eigenvalue weighted by molar-refractivity contribution is 9.10. The molecule has 0 unspecified atom stereocenters. The van der Waals surface area contributed by atoms with Gasteiger partial charge in [-0.05, 0) is 22.0 Å². The first-order valence-electron chi connectivity index (χ1n) is 2.17. The van der Waals surface area contributed by atoms with Crippen LogP contribution in [0.4, 0.5) is 0 Å². The molecule has 0 atom stereocenters. The third kappa shape index (κ3) is 1.06. The van der Waals surface area contributed by atoms with Crippen molar-refractivity contribution in [3.63, 3.8) is 0 Å². The van der Waals surface area contributed by atoms with Gasteiger partial charge >= 0.3 is 0 Å². The summed E-state index contributed by atoms with van der Waals surface area (Å²) in [6.07, 6.45) is 1.91. The van der Waals surface area contributed by atoms with Crippen molar-refractivity contribution in [2.45, 2.75) is 0 Å². The van der Waals surface area contributed by atoms with E-state index in [1.54, 1.807) is 0 Å². The van der Waals surface area contributed by atoms with Crippen LogP contribution in [0.3, 0.4) is 0 Å². The molecule has 0 aromatic carbocycles. The van der Waals surface area contributed by atoms with Gasteiger partial charge in [-0.3, -0.25) is 0 Å². The number of halogens is 2. The van der Waals surface area contributed by atoms with Gasteiger partial charge in [-0.25, -0.2) is 0 Å². The van der Waals surface area contributed by atoms with Gasteiger partial charge in [0.25, 0.3) is 0 Å². The second-order valence-corrected chi connectivity index (χ2v) is 2.89. The molecule has 1 heterocycles. The zero-order valence-electron chi connectivity index (χ0n) is 4.36. The molecule has 0 aliphatic heterocycles. The lowest BCUT2D eigenvalue weighted by atomic mass is 10.7. The first-order valence-corrected chi connectivity index (χ1v) is 3.34. The monoisotopic (exact) mass is 193 g/mol. The predicted molar refractivity (Wildman–Crippen MR) is 38.1 cm³/mol. The van der Waals surface area contributed by atoms with Gasteiger partial charge in [-0.2, -0.15) is 0 Å². The van der Waals surface area contributed by atoms with Crippen LogP contribution in [0.2, 0.25) is 5.15 Å². The summed E-state index contributed by atoms with van der Waals surface area (Å²) >= 11 is 8.94. The van der Waals surface area contributed by atoms with Crippen LogP contribution in [0.15, 0.2) is 16.7 Å². The molecule has 0 aliphatic carbocycles. The number of hydrogen-bond donors (Lipinski definition) is 0. The molecule has 1 aromatic heterocycles. The van der Waals surface area contributed by atoms with Crippen LogP contribution >= 0.6 is 27.5 Å². The summed E-state index contributed by atoms with van der Waals surface area (Å²) in [6.45, 7) is 0. The zero-order valence-corrected chi connectivity index (χ0v) is 6.70. The van der Waals surface area contributed by atoms with Gasteiger partial charge in [0.1, 0.15) is 5.15 Å². The van der Waals surface area contributed by atoms with Gasteiger partial charge in [0, 0.05) is 17.7 Å². The molecule has 44 valence electrons. The van der Waals surface area contributed by atoms with E-state index in [-0.39, 0.29) is 0 Å². The van der Waals surface area contributed by atoms with Crippen molar-refractivity contribution in [2.24, 2.45) is 7.05 Å². The molecular formula is C5H5BrClN. The molecule has 3 heteroatoms. The molecule has 1 aromatic rings. The fourth-order valence-corrected chi connectivity index (χ4v) is 1.32. The molecule has 0 radical (unpaired) electrons. The smallest absolute Gasteiger partial charge is 0.109 e. The highest BCUT2D eigenvalue weighted by Gasteiger charge is 1.93. The van der Waals surface area contributed by atoms with Crippen molar-refractivity contribution in [3.8, 4) is 0 Å². The first-order chi connectivity index (χ1) is 3.70. The van der Waals surface area contributed by atoms with Crippen LogP contribution < -0.4 is 0 Å². The van der Waals surface area contributed by atoms with Gasteiger partial charge in [0.05, 0.1) is 0 Å². The Morgan fingerprint density at radius 1 is 1.75 bits per heavy atom. The summed E-state index contributed by atoms with van der Waals surface area (Å²) in [7, 11) is 1.90. The van der Waals surface area contributed by atoms with Crippen molar-refractivity contribution in [1.29, 1.82) is 0 Å². The van der Waals surface area contributed by atoms with Crippen LogP contribution in [0.1, 0.15) is 0 Å². The molecule has 0 N–H and O–H groups in total. The van der Waals surface area contributed by atoms with E-state index < -0.39 is 0 Å². The maximum atomic E-state index is 5.66. The van der Waals surface area contributed by atoms with Gasteiger partial charge in [-0.15, -0.1) is 0 Å². The van der Waals surface area contributed by atoms with Gasteiger partial charge in [0.15, 0.2) is 0 Å². The highest BCUT2D eigenvalue weighted by Crippen LogP contribution is 2.16. The van der Waals surface area contributed by atoms with Crippen LogP contribution in [0.25, 0.3) is 0 Å². The Bertz CT molecular complexity index is 175. The Labute approximate surface area is 61.4 Å². The van der Waals surface area contributed by atoms with E-state index in [0.29, 0.717) is 0 Å². The number of aromatic nitrogens is 1. The fourth-order valence-electron chi connectivity index (χ4n) is 0.500. The summed E-state index contributed by atoms with van der Waals surface area (Å²) < 4.78 is 2.86. The van der Waals surface area contributed by atoms with Crippen molar-refractivity contribution in [3.05, 3.63) is 21.9 Å². The van der Waals surface area contributed by atoms with Crippen LogP contribution in [0, 0.1) is 0 Å². The zero-order chi connectivity index (χ0) is 6.15. The van der Waals surface area contributed by atoms with E-state index in [4.69, 9.17) is 11.6 Å². The standard InChI is InChI=1S/C5H5BrClN/c1-8-3-4(6)2-5(8)7/h2-3H,1H3. The number of hydrogen-bond acceptors (Lipinski definition) is 0. The largest absolute Gasteiger partial charge is 0.341 e. The van der Waals surface area contributed by atoms with Crippen LogP contribution in [-0.4, -0.2) is 4.57 Å². The molecule has 0 bridgehead atoms. The van der Waals surface area contributed by atoms with Gasteiger partial charge < -0.3 is 4.57 Å². The van der Waals surface area contributed by atoms with E-state index in [1.807, 2.05) is 23.9 Å². The van der Waals surface area contributed by atoms with E-state index in [9.17, 15) is 0 Å². The molecule has 1 rings (SSSR count). The van der Waals surface area contributed by atoms with Crippen molar-refractivity contribution in [1.82, 2.24) is 4.57 Å². The lowest BCUT2D eigenvalue weighted by molar-refractivity contribution is 0.927. The molecule has 0 spiro atoms. The van der Waals surface area contributed by atoms with E-state index in [1.165, 1.54) is 0 Å². The number of rotatable bonds is 0. The maximum absolute atomic E-state index is 5.66. The number of nitrogens with zero attached hydrogens (tertiary/aromatic N) is 1. The maximum Gasteiger partial charge on any atom is 0.109 e. The Balaban J connectivity index is 3.14. The van der Waals surface area contributed by atoms with Crippen LogP contribution in [-0.2, 0) is 7.05 Å². The summed E-state index contributed by atoms with van der Waals surface area (Å²) in [4.78, 5) is 0. The third-order valence-corrected chi connectivity index (χ3v) is 1.72. The fraction of sp³-hybridized carbons (Fsp3) is 0.200. The van der Waals surface area contributed by atoms with Crippen molar-refractivity contribution < 1.29 is 0 Å². The summed E-state index contributed by atoms with van der Waals surface area (Å²) in [5.41, 5.74) is 0. The number of aryl methyl sites for hydroxylation is 1. The second-order valence-electron chi connectivity index (χ2n) is 1.59. The SMILES string of the molecule is Cn1cc(Br)cc1Cl. The van der Waals surface area contributed by atoms with E-state index >= 15 is 0 Å². The molecule has 0 amide bonds. The van der Waals surface area contributed by atoms with Crippen LogP contribution in [0.5, 0.6) is 0 Å². The van der Waals surface area contributed by atoms with Gasteiger partial charge in [-0.1, -0.05) is 11.6 Å². The molecule has 0 saturated carbocycles. The Morgan fingerprint density at radius 3 is 2.50 bits per heavy atom. The average Bonchev–Trinajstić information content (AvgIpc) is 1.85. The minimum Gasteiger partial charge on any atom is -0.341 e. The topological polar surface area (TPSA) is 4.93 Å². The Kier molecular flexibility index (Phi) is 1.63. The molecule has 8 heavy (non-hydrogen) atoms. The molecule has 0 aliphatic rings. The lowest BCUT2D eigenvalue weighted by Gasteiger charge is -1.87. The summed E-state index contributed by atoms with van der Waals surface area (Å²) in [5.74, 6) is 0. The summed E-state index contributed by atoms with van der Waals surface area (Å²) in [5, 5.41) is 0.747. The summed E-state index contributed by atoms with van der Waals surface area (Å²) in [6, 6.07) is 1.85. The van der Waals surface area contributed by atoms with E-state index in [0.717, 1.165) is 9.63 Å². The Morgan fingerprint density at radius 2 is 2.38 bits per heavy atom. The first kappa shape index (κ1) is 6.17. The minimum atomic E-state index is 0.747. The molecular weight excluding hydrogens is 189 g/mol. The normalized spacial score (nSPS) is 9.88. The van der Waals surface area contributed by atoms with Crippen molar-refractivity contribution in [2.75, 3.05) is 0 Å². The van der Waals surface area contributed by atoms with Crippen molar-refractivity contribution >= 4 is 27.5 Å². The minimum absolute atomic E-state index is 0.747. The molecule has 0 fully saturated rings.